The number of phenols is 2. The van der Waals surface area contributed by atoms with Crippen LogP contribution < -0.4 is 5.43 Å². The summed E-state index contributed by atoms with van der Waals surface area (Å²) in [7, 11) is 0. The second-order valence-corrected chi connectivity index (χ2v) is 4.94. The minimum Gasteiger partial charge on any atom is -0.508 e. The van der Waals surface area contributed by atoms with Crippen molar-refractivity contribution in [2.45, 2.75) is 26.1 Å². The van der Waals surface area contributed by atoms with Gasteiger partial charge in [0, 0.05) is 11.6 Å². The van der Waals surface area contributed by atoms with Crippen molar-refractivity contribution in [3.63, 3.8) is 0 Å². The molecule has 0 aliphatic carbocycles. The molecule has 7 nitrogen and oxygen atoms in total. The third-order valence-corrected chi connectivity index (χ3v) is 3.10. The molecule has 1 fully saturated rings. The van der Waals surface area contributed by atoms with Crippen LogP contribution in [0.4, 0.5) is 0 Å². The fourth-order valence-electron chi connectivity index (χ4n) is 2.02. The third-order valence-electron chi connectivity index (χ3n) is 3.10. The van der Waals surface area contributed by atoms with E-state index in [-0.39, 0.29) is 23.8 Å². The molecule has 0 saturated carbocycles. The number of carbonyl (C=O) groups excluding carboxylic acids is 1. The zero-order valence-electron chi connectivity index (χ0n) is 11.9. The molecule has 3 N–H and O–H groups in total. The Morgan fingerprint density at radius 2 is 2.05 bits per heavy atom. The van der Waals surface area contributed by atoms with Crippen molar-refractivity contribution >= 4 is 11.6 Å². The van der Waals surface area contributed by atoms with E-state index in [0.29, 0.717) is 24.5 Å². The van der Waals surface area contributed by atoms with Gasteiger partial charge in [-0.05, 0) is 26.0 Å². The van der Waals surface area contributed by atoms with Crippen molar-refractivity contribution in [3.8, 4) is 11.5 Å². The van der Waals surface area contributed by atoms with Gasteiger partial charge in [-0.3, -0.25) is 4.79 Å². The zero-order chi connectivity index (χ0) is 15.5. The maximum absolute atomic E-state index is 11.8. The van der Waals surface area contributed by atoms with E-state index in [1.807, 2.05) is 0 Å². The third kappa shape index (κ3) is 3.93. The second-order valence-electron chi connectivity index (χ2n) is 4.94. The zero-order valence-corrected chi connectivity index (χ0v) is 11.9. The lowest BCUT2D eigenvalue weighted by molar-refractivity contribution is -0.159. The summed E-state index contributed by atoms with van der Waals surface area (Å²) < 4.78 is 10.7. The van der Waals surface area contributed by atoms with E-state index in [1.165, 1.54) is 18.2 Å². The molecule has 1 saturated heterocycles. The molecule has 2 rings (SSSR count). The normalized spacial score (nSPS) is 17.7. The van der Waals surface area contributed by atoms with Crippen LogP contribution in [0.25, 0.3) is 0 Å². The highest BCUT2D eigenvalue weighted by molar-refractivity contribution is 6.01. The number of nitrogens with one attached hydrogen (secondary N) is 1. The van der Waals surface area contributed by atoms with E-state index in [2.05, 4.69) is 10.5 Å². The summed E-state index contributed by atoms with van der Waals surface area (Å²) in [5.74, 6) is -1.41. The van der Waals surface area contributed by atoms with Gasteiger partial charge in [0.05, 0.1) is 25.3 Å². The second kappa shape index (κ2) is 6.11. The number of amides is 1. The molecule has 114 valence electrons. The summed E-state index contributed by atoms with van der Waals surface area (Å²) in [4.78, 5) is 11.8. The Hall–Kier alpha value is -2.12. The number of carbonyl (C=O) groups is 1. The lowest BCUT2D eigenvalue weighted by atomic mass is 10.1. The fourth-order valence-corrected chi connectivity index (χ4v) is 2.02. The number of hydrazone groups is 1. The minimum absolute atomic E-state index is 0.0331. The Morgan fingerprint density at radius 3 is 2.67 bits per heavy atom. The average Bonchev–Trinajstić information content (AvgIpc) is 2.82. The molecule has 0 radical (unpaired) electrons. The van der Waals surface area contributed by atoms with Gasteiger partial charge in [0.25, 0.3) is 0 Å². The van der Waals surface area contributed by atoms with E-state index in [1.54, 1.807) is 13.8 Å². The number of aromatic hydroxyl groups is 2. The number of hydrogen-bond acceptors (Lipinski definition) is 6. The Morgan fingerprint density at radius 1 is 1.38 bits per heavy atom. The first-order valence-corrected chi connectivity index (χ1v) is 6.53. The maximum atomic E-state index is 11.8. The average molecular weight is 294 g/mol. The van der Waals surface area contributed by atoms with E-state index >= 15 is 0 Å². The summed E-state index contributed by atoms with van der Waals surface area (Å²) in [5.41, 5.74) is 3.23. The molecular formula is C14H18N2O5. The highest BCUT2D eigenvalue weighted by Crippen LogP contribution is 2.23. The van der Waals surface area contributed by atoms with E-state index in [0.717, 1.165) is 0 Å². The van der Waals surface area contributed by atoms with E-state index in [9.17, 15) is 15.0 Å². The number of benzene rings is 1. The lowest BCUT2D eigenvalue weighted by Gasteiger charge is -2.20. The number of phenolic OH excluding ortho intramolecular Hbond substituents is 2. The predicted molar refractivity (Wildman–Crippen MR) is 75.1 cm³/mol. The van der Waals surface area contributed by atoms with E-state index < -0.39 is 5.79 Å². The number of ether oxygens (including phenoxy) is 2. The molecule has 1 aliphatic rings. The van der Waals surface area contributed by atoms with Gasteiger partial charge in [0.15, 0.2) is 5.79 Å². The molecule has 21 heavy (non-hydrogen) atoms. The molecule has 1 aliphatic heterocycles. The molecule has 7 heteroatoms. The molecule has 1 aromatic rings. The molecule has 0 unspecified atom stereocenters. The van der Waals surface area contributed by atoms with Crippen molar-refractivity contribution in [3.05, 3.63) is 23.8 Å². The van der Waals surface area contributed by atoms with E-state index in [4.69, 9.17) is 9.47 Å². The largest absolute Gasteiger partial charge is 0.508 e. The summed E-state index contributed by atoms with van der Waals surface area (Å²) in [6.45, 7) is 4.26. The fraction of sp³-hybridized carbons (Fsp3) is 0.429. The summed E-state index contributed by atoms with van der Waals surface area (Å²) in [6, 6.07) is 4.15. The van der Waals surface area contributed by atoms with Crippen molar-refractivity contribution in [1.82, 2.24) is 5.43 Å². The Bertz CT molecular complexity index is 564. The van der Waals surface area contributed by atoms with Gasteiger partial charge < -0.3 is 19.7 Å². The summed E-state index contributed by atoms with van der Waals surface area (Å²) >= 11 is 0. The van der Waals surface area contributed by atoms with Crippen LogP contribution >= 0.6 is 0 Å². The first-order chi connectivity index (χ1) is 9.89. The molecule has 0 bridgehead atoms. The Labute approximate surface area is 122 Å². The van der Waals surface area contributed by atoms with Crippen LogP contribution in [0.3, 0.4) is 0 Å². The van der Waals surface area contributed by atoms with Crippen LogP contribution in [0, 0.1) is 0 Å². The van der Waals surface area contributed by atoms with Crippen LogP contribution in [0.5, 0.6) is 11.5 Å². The highest BCUT2D eigenvalue weighted by Gasteiger charge is 2.33. The van der Waals surface area contributed by atoms with Gasteiger partial charge in [0.2, 0.25) is 5.91 Å². The van der Waals surface area contributed by atoms with Gasteiger partial charge >= 0.3 is 0 Å². The van der Waals surface area contributed by atoms with Crippen molar-refractivity contribution in [1.29, 1.82) is 0 Å². The van der Waals surface area contributed by atoms with Crippen LogP contribution in [0.15, 0.2) is 23.3 Å². The maximum Gasteiger partial charge on any atom is 0.245 e. The molecule has 1 amide bonds. The quantitative estimate of drug-likeness (QED) is 0.570. The monoisotopic (exact) mass is 294 g/mol. The van der Waals surface area contributed by atoms with Crippen molar-refractivity contribution in [2.24, 2.45) is 5.10 Å². The number of hydrogen-bond donors (Lipinski definition) is 3. The highest BCUT2D eigenvalue weighted by atomic mass is 16.7. The molecular weight excluding hydrogens is 276 g/mol. The molecule has 0 spiro atoms. The lowest BCUT2D eigenvalue weighted by Crippen LogP contribution is -2.33. The van der Waals surface area contributed by atoms with Gasteiger partial charge in [0.1, 0.15) is 11.5 Å². The first kappa shape index (κ1) is 15.3. The first-order valence-electron chi connectivity index (χ1n) is 6.53. The van der Waals surface area contributed by atoms with Crippen LogP contribution in [0.2, 0.25) is 0 Å². The Kier molecular flexibility index (Phi) is 4.44. The van der Waals surface area contributed by atoms with Crippen LogP contribution in [-0.4, -0.2) is 40.8 Å². The smallest absolute Gasteiger partial charge is 0.245 e. The summed E-state index contributed by atoms with van der Waals surface area (Å²) in [5, 5.41) is 22.9. The van der Waals surface area contributed by atoms with Gasteiger partial charge in [-0.1, -0.05) is 0 Å². The molecule has 1 aromatic carbocycles. The SMILES string of the molecule is C/C(=N\NC(=O)CC1(C)OCCO1)c1ccc(O)cc1O. The van der Waals surface area contributed by atoms with Crippen LogP contribution in [0.1, 0.15) is 25.8 Å². The number of nitrogens with zero attached hydrogens (tertiary/aromatic N) is 1. The van der Waals surface area contributed by atoms with Crippen LogP contribution in [-0.2, 0) is 14.3 Å². The molecule has 0 aromatic heterocycles. The van der Waals surface area contributed by atoms with Gasteiger partial charge in [-0.15, -0.1) is 0 Å². The van der Waals surface area contributed by atoms with Gasteiger partial charge in [-0.25, -0.2) is 5.43 Å². The molecule has 0 atom stereocenters. The topological polar surface area (TPSA) is 100 Å². The predicted octanol–water partition coefficient (Wildman–Crippen LogP) is 1.09. The number of rotatable bonds is 4. The molecule has 1 heterocycles. The van der Waals surface area contributed by atoms with Crippen molar-refractivity contribution in [2.75, 3.05) is 13.2 Å². The van der Waals surface area contributed by atoms with Crippen molar-refractivity contribution < 1.29 is 24.5 Å². The summed E-state index contributed by atoms with van der Waals surface area (Å²) in [6.07, 6.45) is 0.0331. The van der Waals surface area contributed by atoms with Gasteiger partial charge in [-0.2, -0.15) is 5.10 Å². The standard InChI is InChI=1S/C14H18N2O5/c1-9(11-4-3-10(17)7-12(11)18)15-16-13(19)8-14(2)20-5-6-21-14/h3-4,7,17-18H,5-6,8H2,1-2H3,(H,16,19)/b15-9+. The Balaban J connectivity index is 1.98. The minimum atomic E-state index is -0.909.